The molecule has 1 atom stereocenters. The van der Waals surface area contributed by atoms with Gasteiger partial charge < -0.3 is 4.74 Å². The van der Waals surface area contributed by atoms with Gasteiger partial charge in [-0.2, -0.15) is 0 Å². The zero-order valence-corrected chi connectivity index (χ0v) is 19.9. The van der Waals surface area contributed by atoms with Crippen LogP contribution in [0.25, 0.3) is 0 Å². The van der Waals surface area contributed by atoms with Gasteiger partial charge in [0.15, 0.2) is 0 Å². The van der Waals surface area contributed by atoms with Gasteiger partial charge in [0.05, 0.1) is 12.8 Å². The summed E-state index contributed by atoms with van der Waals surface area (Å²) in [6, 6.07) is 21.3. The average molecular weight is 418 g/mol. The number of hydrogen-bond donors (Lipinski definition) is 0. The Balaban J connectivity index is 2.02. The number of benzene rings is 3. The maximum absolute atomic E-state index is 5.62. The fourth-order valence-electron chi connectivity index (χ4n) is 3.69. The summed E-state index contributed by atoms with van der Waals surface area (Å²) in [4.78, 5) is 4.99. The predicted octanol–water partition coefficient (Wildman–Crippen LogP) is 6.63. The molecular formula is C27H32NOP. The molecule has 0 spiro atoms. The number of ether oxygens (including phenoxy) is 1. The van der Waals surface area contributed by atoms with Gasteiger partial charge in [0.1, 0.15) is 5.75 Å². The smallest absolute Gasteiger partial charge is 0.126 e. The van der Waals surface area contributed by atoms with E-state index in [4.69, 9.17) is 9.73 Å². The van der Waals surface area contributed by atoms with Crippen molar-refractivity contribution in [2.75, 3.05) is 7.11 Å². The molecule has 3 aromatic carbocycles. The molecule has 156 valence electrons. The zero-order chi connectivity index (χ0) is 21.7. The van der Waals surface area contributed by atoms with Crippen LogP contribution in [0.4, 0.5) is 5.69 Å². The molecule has 0 saturated carbocycles. The highest BCUT2D eigenvalue weighted by Gasteiger charge is 2.13. The topological polar surface area (TPSA) is 21.6 Å². The lowest BCUT2D eigenvalue weighted by Gasteiger charge is -2.17. The molecule has 0 heterocycles. The molecule has 0 saturated heterocycles. The molecular weight excluding hydrogens is 385 g/mol. The first kappa shape index (κ1) is 22.2. The number of methoxy groups -OCH3 is 1. The van der Waals surface area contributed by atoms with Crippen molar-refractivity contribution in [2.45, 2.75) is 46.5 Å². The second-order valence-electron chi connectivity index (χ2n) is 8.21. The summed E-state index contributed by atoms with van der Waals surface area (Å²) in [5.74, 6) is 1.86. The van der Waals surface area contributed by atoms with E-state index in [1.54, 1.807) is 7.11 Å². The molecule has 0 N–H and O–H groups in total. The van der Waals surface area contributed by atoms with E-state index in [1.165, 1.54) is 32.9 Å². The predicted molar refractivity (Wildman–Crippen MR) is 134 cm³/mol. The van der Waals surface area contributed by atoms with Crippen LogP contribution < -0.4 is 15.3 Å². The summed E-state index contributed by atoms with van der Waals surface area (Å²) in [5.41, 5.74) is 6.23. The van der Waals surface area contributed by atoms with Gasteiger partial charge in [-0.1, -0.05) is 84.8 Å². The van der Waals surface area contributed by atoms with Crippen LogP contribution in [0.1, 0.15) is 61.8 Å². The lowest BCUT2D eigenvalue weighted by atomic mass is 9.89. The molecule has 3 rings (SSSR count). The third-order valence-corrected chi connectivity index (χ3v) is 6.95. The van der Waals surface area contributed by atoms with Crippen LogP contribution in [-0.4, -0.2) is 13.3 Å². The Hall–Kier alpha value is -2.44. The first-order chi connectivity index (χ1) is 14.4. The summed E-state index contributed by atoms with van der Waals surface area (Å²) >= 11 is 0. The average Bonchev–Trinajstić information content (AvgIpc) is 2.74. The van der Waals surface area contributed by atoms with Gasteiger partial charge in [-0.25, -0.2) is 0 Å². The van der Waals surface area contributed by atoms with Crippen LogP contribution in [0.2, 0.25) is 0 Å². The van der Waals surface area contributed by atoms with E-state index in [2.05, 4.69) is 89.4 Å². The van der Waals surface area contributed by atoms with Crippen molar-refractivity contribution in [3.05, 3.63) is 82.9 Å². The van der Waals surface area contributed by atoms with Crippen molar-refractivity contribution in [2.24, 2.45) is 4.99 Å². The minimum absolute atomic E-state index is 0.457. The third kappa shape index (κ3) is 4.99. The fraction of sp³-hybridized carbons (Fsp3) is 0.296. The van der Waals surface area contributed by atoms with E-state index in [-0.39, 0.29) is 0 Å². The van der Waals surface area contributed by atoms with Crippen molar-refractivity contribution in [3.8, 4) is 5.75 Å². The minimum atomic E-state index is 0.457. The summed E-state index contributed by atoms with van der Waals surface area (Å²) in [6.45, 7) is 11.1. The van der Waals surface area contributed by atoms with Gasteiger partial charge in [0.2, 0.25) is 0 Å². The quantitative estimate of drug-likeness (QED) is 0.312. The Bertz CT molecular complexity index is 1010. The molecule has 30 heavy (non-hydrogen) atoms. The molecule has 3 aromatic rings. The minimum Gasteiger partial charge on any atom is -0.496 e. The highest BCUT2D eigenvalue weighted by atomic mass is 31.1. The monoisotopic (exact) mass is 417 g/mol. The molecule has 0 radical (unpaired) electrons. The Morgan fingerprint density at radius 1 is 0.833 bits per heavy atom. The molecule has 1 unspecified atom stereocenters. The van der Waals surface area contributed by atoms with Crippen LogP contribution in [0.15, 0.2) is 65.7 Å². The van der Waals surface area contributed by atoms with Crippen LogP contribution in [0, 0.1) is 6.92 Å². The van der Waals surface area contributed by atoms with Crippen LogP contribution in [0.3, 0.4) is 0 Å². The maximum atomic E-state index is 5.62. The lowest BCUT2D eigenvalue weighted by molar-refractivity contribution is 0.418. The van der Waals surface area contributed by atoms with Gasteiger partial charge in [0, 0.05) is 16.8 Å². The SMILES string of the molecule is COc1cccc(C)c1Pc1ccccc1/N=C/c1c(C(C)C)cccc1C(C)C. The molecule has 0 aromatic heterocycles. The van der Waals surface area contributed by atoms with Crippen molar-refractivity contribution in [1.82, 2.24) is 0 Å². The Morgan fingerprint density at radius 3 is 2.10 bits per heavy atom. The molecule has 0 aliphatic heterocycles. The normalized spacial score (nSPS) is 12.0. The second-order valence-corrected chi connectivity index (χ2v) is 9.50. The number of para-hydroxylation sites is 1. The summed E-state index contributed by atoms with van der Waals surface area (Å²) < 4.78 is 5.62. The highest BCUT2D eigenvalue weighted by molar-refractivity contribution is 7.56. The standard InChI is InChI=1S/C27H32NOP/c1-18(2)21-12-10-13-22(19(3)4)23(21)17-28-24-14-7-8-16-26(24)30-27-20(5)11-9-15-25(27)29-6/h7-19,30H,1-6H3/b28-17+. The van der Waals surface area contributed by atoms with E-state index in [9.17, 15) is 0 Å². The van der Waals surface area contributed by atoms with E-state index in [1.807, 2.05) is 12.1 Å². The van der Waals surface area contributed by atoms with Gasteiger partial charge >= 0.3 is 0 Å². The van der Waals surface area contributed by atoms with Gasteiger partial charge in [-0.15, -0.1) is 0 Å². The summed E-state index contributed by atoms with van der Waals surface area (Å²) in [5, 5.41) is 2.47. The number of rotatable bonds is 7. The molecule has 0 fully saturated rings. The number of aliphatic imine (C=N–C) groups is 1. The van der Waals surface area contributed by atoms with Gasteiger partial charge in [-0.3, -0.25) is 4.99 Å². The third-order valence-electron chi connectivity index (χ3n) is 5.37. The van der Waals surface area contributed by atoms with E-state index in [0.29, 0.717) is 20.4 Å². The fourth-order valence-corrected chi connectivity index (χ4v) is 5.00. The number of aryl methyl sites for hydroxylation is 1. The second kappa shape index (κ2) is 10.0. The van der Waals surface area contributed by atoms with Crippen LogP contribution in [0.5, 0.6) is 5.75 Å². The largest absolute Gasteiger partial charge is 0.496 e. The molecule has 0 aliphatic rings. The van der Waals surface area contributed by atoms with E-state index < -0.39 is 0 Å². The Labute approximate surface area is 183 Å². The molecule has 2 nitrogen and oxygen atoms in total. The van der Waals surface area contributed by atoms with Crippen molar-refractivity contribution in [3.63, 3.8) is 0 Å². The zero-order valence-electron chi connectivity index (χ0n) is 18.9. The Morgan fingerprint density at radius 2 is 1.47 bits per heavy atom. The summed E-state index contributed by atoms with van der Waals surface area (Å²) in [7, 11) is 2.23. The number of hydrogen-bond acceptors (Lipinski definition) is 2. The molecule has 0 aliphatic carbocycles. The Kier molecular flexibility index (Phi) is 7.45. The van der Waals surface area contributed by atoms with Crippen molar-refractivity contribution < 1.29 is 4.74 Å². The molecule has 0 bridgehead atoms. The van der Waals surface area contributed by atoms with Crippen LogP contribution in [-0.2, 0) is 0 Å². The van der Waals surface area contributed by atoms with Crippen LogP contribution >= 0.6 is 8.58 Å². The first-order valence-corrected chi connectivity index (χ1v) is 11.6. The summed E-state index contributed by atoms with van der Waals surface area (Å²) in [6.07, 6.45) is 2.07. The van der Waals surface area contributed by atoms with Crippen molar-refractivity contribution >= 4 is 31.1 Å². The van der Waals surface area contributed by atoms with Crippen molar-refractivity contribution in [1.29, 1.82) is 0 Å². The maximum Gasteiger partial charge on any atom is 0.126 e. The highest BCUT2D eigenvalue weighted by Crippen LogP contribution is 2.29. The molecule has 3 heteroatoms. The van der Waals surface area contributed by atoms with E-state index in [0.717, 1.165) is 11.4 Å². The lowest BCUT2D eigenvalue weighted by Crippen LogP contribution is -2.10. The van der Waals surface area contributed by atoms with Gasteiger partial charge in [-0.05, 0) is 53.1 Å². The van der Waals surface area contributed by atoms with Gasteiger partial charge in [0.25, 0.3) is 0 Å². The van der Waals surface area contributed by atoms with E-state index >= 15 is 0 Å². The first-order valence-electron chi connectivity index (χ1n) is 10.6. The number of nitrogens with zero attached hydrogens (tertiary/aromatic N) is 1. The molecule has 0 amide bonds.